The number of methoxy groups -OCH3 is 2. The molecule has 0 aliphatic heterocycles. The van der Waals surface area contributed by atoms with Crippen molar-refractivity contribution in [3.63, 3.8) is 0 Å². The van der Waals surface area contributed by atoms with Crippen LogP contribution in [0.2, 0.25) is 0 Å². The molecule has 0 amide bonds. The van der Waals surface area contributed by atoms with Gasteiger partial charge in [-0.3, -0.25) is 0 Å². The molecule has 0 saturated heterocycles. The van der Waals surface area contributed by atoms with Crippen LogP contribution in [0.15, 0.2) is 12.1 Å². The van der Waals surface area contributed by atoms with Gasteiger partial charge in [0.25, 0.3) is 0 Å². The first-order chi connectivity index (χ1) is 6.22. The van der Waals surface area contributed by atoms with Crippen molar-refractivity contribution in [2.24, 2.45) is 5.73 Å². The van der Waals surface area contributed by atoms with Crippen LogP contribution in [0.5, 0.6) is 11.5 Å². The zero-order chi connectivity index (χ0) is 9.84. The molecule has 1 rings (SSSR count). The predicted octanol–water partition coefficient (Wildman–Crippen LogP) is 0.745. The second kappa shape index (κ2) is 4.00. The van der Waals surface area contributed by atoms with Crippen LogP contribution in [-0.2, 0) is 6.54 Å². The van der Waals surface area contributed by atoms with Gasteiger partial charge in [-0.05, 0) is 11.6 Å². The van der Waals surface area contributed by atoms with E-state index in [0.717, 1.165) is 5.56 Å². The number of nitrogens with two attached hydrogens (primary N) is 2. The van der Waals surface area contributed by atoms with E-state index in [-0.39, 0.29) is 0 Å². The number of nitrogen functional groups attached to an aromatic ring is 1. The fourth-order valence-electron chi connectivity index (χ4n) is 1.11. The van der Waals surface area contributed by atoms with Gasteiger partial charge in [-0.2, -0.15) is 0 Å². The van der Waals surface area contributed by atoms with Crippen molar-refractivity contribution in [3.05, 3.63) is 17.7 Å². The molecule has 4 N–H and O–H groups in total. The second-order valence-electron chi connectivity index (χ2n) is 2.61. The molecule has 0 unspecified atom stereocenters. The average Bonchev–Trinajstić information content (AvgIpc) is 2.18. The Morgan fingerprint density at radius 3 is 2.38 bits per heavy atom. The van der Waals surface area contributed by atoms with E-state index in [9.17, 15) is 0 Å². The Hall–Kier alpha value is -1.42. The summed E-state index contributed by atoms with van der Waals surface area (Å²) in [5.74, 6) is 1.30. The summed E-state index contributed by atoms with van der Waals surface area (Å²) in [6.45, 7) is 0.374. The van der Waals surface area contributed by atoms with Gasteiger partial charge in [-0.25, -0.2) is 0 Å². The molecule has 1 aromatic rings. The van der Waals surface area contributed by atoms with Crippen molar-refractivity contribution in [3.8, 4) is 11.5 Å². The fourth-order valence-corrected chi connectivity index (χ4v) is 1.11. The number of hydrogen-bond acceptors (Lipinski definition) is 4. The third-order valence-corrected chi connectivity index (χ3v) is 1.88. The number of hydrogen-bond donors (Lipinski definition) is 2. The van der Waals surface area contributed by atoms with Crippen LogP contribution < -0.4 is 20.9 Å². The molecule has 0 radical (unpaired) electrons. The van der Waals surface area contributed by atoms with Gasteiger partial charge < -0.3 is 20.9 Å². The summed E-state index contributed by atoms with van der Waals surface area (Å²) in [6.07, 6.45) is 0. The Bertz CT molecular complexity index is 275. The lowest BCUT2D eigenvalue weighted by Gasteiger charge is -2.10. The molecule has 0 saturated carbocycles. The minimum absolute atomic E-state index is 0.374. The van der Waals surface area contributed by atoms with Gasteiger partial charge in [0.05, 0.1) is 19.9 Å². The lowest BCUT2D eigenvalue weighted by atomic mass is 10.1. The molecule has 0 aliphatic carbocycles. The summed E-state index contributed by atoms with van der Waals surface area (Å²) in [5, 5.41) is 0. The zero-order valence-corrected chi connectivity index (χ0v) is 7.83. The van der Waals surface area contributed by atoms with E-state index in [0.29, 0.717) is 23.7 Å². The van der Waals surface area contributed by atoms with E-state index in [1.54, 1.807) is 26.4 Å². The summed E-state index contributed by atoms with van der Waals surface area (Å²) in [6, 6.07) is 3.53. The van der Waals surface area contributed by atoms with Gasteiger partial charge in [0, 0.05) is 12.6 Å². The first-order valence-corrected chi connectivity index (χ1v) is 3.93. The maximum Gasteiger partial charge on any atom is 0.145 e. The molecule has 0 heterocycles. The molecule has 4 nitrogen and oxygen atoms in total. The Morgan fingerprint density at radius 1 is 1.23 bits per heavy atom. The maximum atomic E-state index is 5.77. The summed E-state index contributed by atoms with van der Waals surface area (Å²) < 4.78 is 10.1. The van der Waals surface area contributed by atoms with Crippen molar-refractivity contribution in [2.75, 3.05) is 20.0 Å². The van der Waals surface area contributed by atoms with Gasteiger partial charge in [-0.1, -0.05) is 0 Å². The Balaban J connectivity index is 3.20. The third kappa shape index (κ3) is 1.84. The topological polar surface area (TPSA) is 70.5 Å². The maximum absolute atomic E-state index is 5.77. The predicted molar refractivity (Wildman–Crippen MR) is 51.8 cm³/mol. The van der Waals surface area contributed by atoms with Gasteiger partial charge in [0.1, 0.15) is 11.5 Å². The third-order valence-electron chi connectivity index (χ3n) is 1.88. The molecule has 0 aromatic heterocycles. The first-order valence-electron chi connectivity index (χ1n) is 3.93. The highest BCUT2D eigenvalue weighted by Crippen LogP contribution is 2.30. The Morgan fingerprint density at radius 2 is 1.92 bits per heavy atom. The second-order valence-corrected chi connectivity index (χ2v) is 2.61. The van der Waals surface area contributed by atoms with Crippen molar-refractivity contribution < 1.29 is 9.47 Å². The lowest BCUT2D eigenvalue weighted by Crippen LogP contribution is -2.04. The first kappa shape index (κ1) is 9.67. The van der Waals surface area contributed by atoms with Crippen LogP contribution in [0, 0.1) is 0 Å². The molecular weight excluding hydrogens is 168 g/mol. The van der Waals surface area contributed by atoms with Crippen molar-refractivity contribution in [1.29, 1.82) is 0 Å². The largest absolute Gasteiger partial charge is 0.497 e. The van der Waals surface area contributed by atoms with Crippen LogP contribution in [0.3, 0.4) is 0 Å². The summed E-state index contributed by atoms with van der Waals surface area (Å²) in [5.41, 5.74) is 12.7. The number of anilines is 1. The highest BCUT2D eigenvalue weighted by Gasteiger charge is 2.07. The minimum Gasteiger partial charge on any atom is -0.497 e. The fraction of sp³-hybridized carbons (Fsp3) is 0.333. The van der Waals surface area contributed by atoms with Gasteiger partial charge in [-0.15, -0.1) is 0 Å². The SMILES string of the molecule is COc1cc(CN)c(N)c(OC)c1. The van der Waals surface area contributed by atoms with E-state index in [1.807, 2.05) is 0 Å². The average molecular weight is 182 g/mol. The summed E-state index contributed by atoms with van der Waals surface area (Å²) in [7, 11) is 3.15. The highest BCUT2D eigenvalue weighted by molar-refractivity contribution is 5.61. The molecule has 0 spiro atoms. The van der Waals surface area contributed by atoms with Crippen LogP contribution in [-0.4, -0.2) is 14.2 Å². The monoisotopic (exact) mass is 182 g/mol. The van der Waals surface area contributed by atoms with E-state index in [2.05, 4.69) is 0 Å². The highest BCUT2D eigenvalue weighted by atomic mass is 16.5. The normalized spacial score (nSPS) is 9.77. The summed E-state index contributed by atoms with van der Waals surface area (Å²) >= 11 is 0. The molecule has 0 aliphatic rings. The molecule has 72 valence electrons. The molecule has 1 aromatic carbocycles. The Kier molecular flexibility index (Phi) is 2.97. The van der Waals surface area contributed by atoms with Gasteiger partial charge in [0.2, 0.25) is 0 Å². The van der Waals surface area contributed by atoms with Crippen LogP contribution >= 0.6 is 0 Å². The lowest BCUT2D eigenvalue weighted by molar-refractivity contribution is 0.395. The van der Waals surface area contributed by atoms with Crippen molar-refractivity contribution in [2.45, 2.75) is 6.54 Å². The van der Waals surface area contributed by atoms with Crippen LogP contribution in [0.4, 0.5) is 5.69 Å². The smallest absolute Gasteiger partial charge is 0.145 e. The molecule has 0 bridgehead atoms. The standard InChI is InChI=1S/C9H14N2O2/c1-12-7-3-6(5-10)9(11)8(4-7)13-2/h3-4H,5,10-11H2,1-2H3. The zero-order valence-electron chi connectivity index (χ0n) is 7.83. The molecule has 0 fully saturated rings. The number of benzene rings is 1. The van der Waals surface area contributed by atoms with Crippen LogP contribution in [0.1, 0.15) is 5.56 Å². The molecule has 0 atom stereocenters. The van der Waals surface area contributed by atoms with E-state index < -0.39 is 0 Å². The molecular formula is C9H14N2O2. The van der Waals surface area contributed by atoms with Crippen LogP contribution in [0.25, 0.3) is 0 Å². The Labute approximate surface area is 77.4 Å². The summed E-state index contributed by atoms with van der Waals surface area (Å²) in [4.78, 5) is 0. The van der Waals surface area contributed by atoms with E-state index in [1.165, 1.54) is 0 Å². The number of rotatable bonds is 3. The number of ether oxygens (including phenoxy) is 2. The quantitative estimate of drug-likeness (QED) is 0.676. The molecule has 4 heteroatoms. The van der Waals surface area contributed by atoms with Gasteiger partial charge in [0.15, 0.2) is 0 Å². The molecule has 13 heavy (non-hydrogen) atoms. The van der Waals surface area contributed by atoms with Crippen molar-refractivity contribution in [1.82, 2.24) is 0 Å². The van der Waals surface area contributed by atoms with Gasteiger partial charge >= 0.3 is 0 Å². The minimum atomic E-state index is 0.374. The van der Waals surface area contributed by atoms with Crippen molar-refractivity contribution >= 4 is 5.69 Å². The van der Waals surface area contributed by atoms with E-state index in [4.69, 9.17) is 20.9 Å². The van der Waals surface area contributed by atoms with E-state index >= 15 is 0 Å².